The topological polar surface area (TPSA) is 42.0 Å². The molecule has 1 aliphatic carbocycles. The summed E-state index contributed by atoms with van der Waals surface area (Å²) >= 11 is 0. The normalized spacial score (nSPS) is 28.7. The van der Waals surface area contributed by atoms with E-state index >= 15 is 0 Å². The molecule has 1 aromatic rings. The molecule has 3 heteroatoms. The van der Waals surface area contributed by atoms with Gasteiger partial charge < -0.3 is 5.32 Å². The van der Waals surface area contributed by atoms with Gasteiger partial charge in [-0.3, -0.25) is 9.78 Å². The molecule has 3 unspecified atom stereocenters. The zero-order valence-electron chi connectivity index (χ0n) is 10.5. The van der Waals surface area contributed by atoms with Crippen LogP contribution in [0.3, 0.4) is 0 Å². The molecule has 1 aliphatic rings. The van der Waals surface area contributed by atoms with E-state index in [9.17, 15) is 4.79 Å². The molecular weight excluding hydrogens is 212 g/mol. The summed E-state index contributed by atoms with van der Waals surface area (Å²) in [6.07, 6.45) is 5.22. The SMILES string of the molecule is CC1CCCC(NC(=O)c2ccccn2)C1C. The maximum absolute atomic E-state index is 12.0. The quantitative estimate of drug-likeness (QED) is 0.851. The summed E-state index contributed by atoms with van der Waals surface area (Å²) in [7, 11) is 0. The van der Waals surface area contributed by atoms with Crippen LogP contribution >= 0.6 is 0 Å². The van der Waals surface area contributed by atoms with E-state index in [0.717, 1.165) is 6.42 Å². The van der Waals surface area contributed by atoms with Gasteiger partial charge in [-0.25, -0.2) is 0 Å². The molecule has 92 valence electrons. The standard InChI is InChI=1S/C14H20N2O/c1-10-6-5-8-12(11(10)2)16-14(17)13-7-3-4-9-15-13/h3-4,7,9-12H,5-6,8H2,1-2H3,(H,16,17). The maximum atomic E-state index is 12.0. The van der Waals surface area contributed by atoms with Gasteiger partial charge in [-0.15, -0.1) is 0 Å². The Morgan fingerprint density at radius 3 is 2.88 bits per heavy atom. The van der Waals surface area contributed by atoms with Crippen molar-refractivity contribution in [3.8, 4) is 0 Å². The lowest BCUT2D eigenvalue weighted by Crippen LogP contribution is -2.43. The Bertz CT molecular complexity index is 377. The number of hydrogen-bond donors (Lipinski definition) is 1. The average Bonchev–Trinajstić information content (AvgIpc) is 2.36. The minimum Gasteiger partial charge on any atom is -0.348 e. The number of carbonyl (C=O) groups excluding carboxylic acids is 1. The Labute approximate surface area is 103 Å². The van der Waals surface area contributed by atoms with E-state index in [2.05, 4.69) is 24.1 Å². The number of pyridine rings is 1. The van der Waals surface area contributed by atoms with Gasteiger partial charge in [-0.2, -0.15) is 0 Å². The minimum absolute atomic E-state index is 0.0449. The second kappa shape index (κ2) is 5.30. The van der Waals surface area contributed by atoms with Crippen molar-refractivity contribution in [3.05, 3.63) is 30.1 Å². The van der Waals surface area contributed by atoms with Crippen molar-refractivity contribution in [1.29, 1.82) is 0 Å². The first-order valence-electron chi connectivity index (χ1n) is 6.40. The van der Waals surface area contributed by atoms with Crippen molar-refractivity contribution in [3.63, 3.8) is 0 Å². The summed E-state index contributed by atoms with van der Waals surface area (Å²) in [6, 6.07) is 5.72. The van der Waals surface area contributed by atoms with Crippen molar-refractivity contribution in [2.75, 3.05) is 0 Å². The van der Waals surface area contributed by atoms with Gasteiger partial charge in [-0.05, 0) is 30.4 Å². The van der Waals surface area contributed by atoms with Crippen LogP contribution in [0.1, 0.15) is 43.6 Å². The summed E-state index contributed by atoms with van der Waals surface area (Å²) in [5.41, 5.74) is 0.512. The highest BCUT2D eigenvalue weighted by molar-refractivity contribution is 5.92. The van der Waals surface area contributed by atoms with Crippen LogP contribution in [0.5, 0.6) is 0 Å². The van der Waals surface area contributed by atoms with Gasteiger partial charge in [-0.1, -0.05) is 32.8 Å². The second-order valence-corrected chi connectivity index (χ2v) is 5.06. The van der Waals surface area contributed by atoms with E-state index in [1.807, 2.05) is 12.1 Å². The number of carbonyl (C=O) groups is 1. The average molecular weight is 232 g/mol. The molecule has 1 saturated carbocycles. The third-order valence-corrected chi connectivity index (χ3v) is 3.92. The molecule has 0 saturated heterocycles. The number of nitrogens with one attached hydrogen (secondary N) is 1. The summed E-state index contributed by atoms with van der Waals surface area (Å²) in [5.74, 6) is 1.20. The summed E-state index contributed by atoms with van der Waals surface area (Å²) in [4.78, 5) is 16.1. The van der Waals surface area contributed by atoms with E-state index in [0.29, 0.717) is 23.6 Å². The van der Waals surface area contributed by atoms with Crippen molar-refractivity contribution < 1.29 is 4.79 Å². The molecule has 1 aromatic heterocycles. The number of amides is 1. The van der Waals surface area contributed by atoms with Gasteiger partial charge >= 0.3 is 0 Å². The first-order valence-corrected chi connectivity index (χ1v) is 6.40. The van der Waals surface area contributed by atoms with Crippen molar-refractivity contribution in [2.45, 2.75) is 39.2 Å². The van der Waals surface area contributed by atoms with E-state index in [-0.39, 0.29) is 5.91 Å². The molecule has 1 fully saturated rings. The lowest BCUT2D eigenvalue weighted by Gasteiger charge is -2.34. The van der Waals surface area contributed by atoms with Gasteiger partial charge in [0.25, 0.3) is 5.91 Å². The van der Waals surface area contributed by atoms with E-state index in [1.165, 1.54) is 12.8 Å². The Kier molecular flexibility index (Phi) is 3.77. The van der Waals surface area contributed by atoms with Gasteiger partial charge in [0.05, 0.1) is 0 Å². The van der Waals surface area contributed by atoms with Crippen LogP contribution in [0, 0.1) is 11.8 Å². The number of hydrogen-bond acceptors (Lipinski definition) is 2. The summed E-state index contributed by atoms with van der Waals surface area (Å²) < 4.78 is 0. The minimum atomic E-state index is -0.0449. The van der Waals surface area contributed by atoms with Crippen LogP contribution in [0.15, 0.2) is 24.4 Å². The largest absolute Gasteiger partial charge is 0.348 e. The van der Waals surface area contributed by atoms with E-state index in [1.54, 1.807) is 12.3 Å². The highest BCUT2D eigenvalue weighted by Gasteiger charge is 2.28. The number of nitrogens with zero attached hydrogens (tertiary/aromatic N) is 1. The first-order chi connectivity index (χ1) is 8.18. The zero-order chi connectivity index (χ0) is 12.3. The van der Waals surface area contributed by atoms with Crippen LogP contribution < -0.4 is 5.32 Å². The molecular formula is C14H20N2O. The molecule has 1 heterocycles. The molecule has 0 spiro atoms. The lowest BCUT2D eigenvalue weighted by atomic mass is 9.78. The van der Waals surface area contributed by atoms with Crippen LogP contribution in [-0.2, 0) is 0 Å². The van der Waals surface area contributed by atoms with E-state index < -0.39 is 0 Å². The summed E-state index contributed by atoms with van der Waals surface area (Å²) in [5, 5.41) is 3.11. The Morgan fingerprint density at radius 1 is 1.35 bits per heavy atom. The zero-order valence-corrected chi connectivity index (χ0v) is 10.5. The second-order valence-electron chi connectivity index (χ2n) is 5.06. The Morgan fingerprint density at radius 2 is 2.18 bits per heavy atom. The van der Waals surface area contributed by atoms with E-state index in [4.69, 9.17) is 0 Å². The first kappa shape index (κ1) is 12.1. The van der Waals surface area contributed by atoms with Crippen LogP contribution in [0.2, 0.25) is 0 Å². The maximum Gasteiger partial charge on any atom is 0.270 e. The van der Waals surface area contributed by atoms with Crippen LogP contribution in [-0.4, -0.2) is 16.9 Å². The third-order valence-electron chi connectivity index (χ3n) is 3.92. The molecule has 0 radical (unpaired) electrons. The Hall–Kier alpha value is -1.38. The lowest BCUT2D eigenvalue weighted by molar-refractivity contribution is 0.0886. The predicted molar refractivity (Wildman–Crippen MR) is 67.7 cm³/mol. The number of rotatable bonds is 2. The van der Waals surface area contributed by atoms with Crippen molar-refractivity contribution >= 4 is 5.91 Å². The van der Waals surface area contributed by atoms with Crippen molar-refractivity contribution in [1.82, 2.24) is 10.3 Å². The fourth-order valence-electron chi connectivity index (χ4n) is 2.53. The van der Waals surface area contributed by atoms with Crippen LogP contribution in [0.4, 0.5) is 0 Å². The molecule has 0 aliphatic heterocycles. The monoisotopic (exact) mass is 232 g/mol. The van der Waals surface area contributed by atoms with Gasteiger partial charge in [0.2, 0.25) is 0 Å². The molecule has 3 atom stereocenters. The molecule has 1 amide bonds. The molecule has 0 bridgehead atoms. The summed E-state index contributed by atoms with van der Waals surface area (Å²) in [6.45, 7) is 4.50. The molecule has 17 heavy (non-hydrogen) atoms. The third kappa shape index (κ3) is 2.84. The molecule has 1 N–H and O–H groups in total. The van der Waals surface area contributed by atoms with Crippen molar-refractivity contribution in [2.24, 2.45) is 11.8 Å². The molecule has 3 nitrogen and oxygen atoms in total. The fraction of sp³-hybridized carbons (Fsp3) is 0.571. The fourth-order valence-corrected chi connectivity index (χ4v) is 2.53. The van der Waals surface area contributed by atoms with Gasteiger partial charge in [0.1, 0.15) is 5.69 Å². The number of aromatic nitrogens is 1. The Balaban J connectivity index is 1.99. The smallest absolute Gasteiger partial charge is 0.270 e. The highest BCUT2D eigenvalue weighted by atomic mass is 16.1. The molecule has 0 aromatic carbocycles. The van der Waals surface area contributed by atoms with Crippen LogP contribution in [0.25, 0.3) is 0 Å². The van der Waals surface area contributed by atoms with Gasteiger partial charge in [0, 0.05) is 12.2 Å². The highest BCUT2D eigenvalue weighted by Crippen LogP contribution is 2.29. The predicted octanol–water partition coefficient (Wildman–Crippen LogP) is 2.64. The van der Waals surface area contributed by atoms with Gasteiger partial charge in [0.15, 0.2) is 0 Å². The molecule has 2 rings (SSSR count).